The standard InChI is InChI=1S/C23H27N3O5S/c1-14-6-7-18(11-15(14)2)24-23(28)17-5-4-10-26(13-17)32(29,30)19-8-9-21-20(12-19)25-22(27)16(3)31-21/h6-9,11-12,16-17H,4-5,10,13H2,1-3H3,(H,24,28)(H,25,27)/t16-,17+/m1/s1. The van der Waals surface area contributed by atoms with Crippen LogP contribution in [-0.4, -0.2) is 43.7 Å². The predicted octanol–water partition coefficient (Wildman–Crippen LogP) is 3.06. The smallest absolute Gasteiger partial charge is 0.265 e. The summed E-state index contributed by atoms with van der Waals surface area (Å²) >= 11 is 0. The lowest BCUT2D eigenvalue weighted by molar-refractivity contribution is -0.123. The van der Waals surface area contributed by atoms with Gasteiger partial charge in [0.15, 0.2) is 6.10 Å². The summed E-state index contributed by atoms with van der Waals surface area (Å²) in [6.07, 6.45) is 0.574. The fourth-order valence-electron chi connectivity index (χ4n) is 3.94. The van der Waals surface area contributed by atoms with E-state index >= 15 is 0 Å². The highest BCUT2D eigenvalue weighted by atomic mass is 32.2. The molecule has 2 aromatic rings. The Kier molecular flexibility index (Phi) is 5.96. The zero-order valence-electron chi connectivity index (χ0n) is 18.3. The van der Waals surface area contributed by atoms with Crippen molar-refractivity contribution in [3.63, 3.8) is 0 Å². The number of sulfonamides is 1. The fourth-order valence-corrected chi connectivity index (χ4v) is 5.49. The molecule has 9 heteroatoms. The SMILES string of the molecule is Cc1ccc(NC(=O)[C@H]2CCCN(S(=O)(=O)c3ccc4c(c3)NC(=O)[C@@H](C)O4)C2)cc1C. The van der Waals surface area contributed by atoms with Gasteiger partial charge in [0.25, 0.3) is 5.91 Å². The second kappa shape index (κ2) is 8.55. The Balaban J connectivity index is 1.50. The number of carbonyl (C=O) groups is 2. The average molecular weight is 458 g/mol. The summed E-state index contributed by atoms with van der Waals surface area (Å²) in [7, 11) is -3.83. The molecule has 0 aliphatic carbocycles. The molecule has 0 saturated carbocycles. The first-order valence-corrected chi connectivity index (χ1v) is 12.1. The first-order chi connectivity index (χ1) is 15.1. The van der Waals surface area contributed by atoms with Crippen LogP contribution in [0.4, 0.5) is 11.4 Å². The van der Waals surface area contributed by atoms with Crippen LogP contribution in [-0.2, 0) is 19.6 Å². The molecule has 4 rings (SSSR count). The number of rotatable bonds is 4. The minimum absolute atomic E-state index is 0.0601. The molecular weight excluding hydrogens is 430 g/mol. The van der Waals surface area contributed by atoms with Crippen molar-refractivity contribution in [3.8, 4) is 5.75 Å². The van der Waals surface area contributed by atoms with Gasteiger partial charge < -0.3 is 15.4 Å². The molecule has 2 aliphatic rings. The van der Waals surface area contributed by atoms with E-state index in [0.717, 1.165) is 11.1 Å². The molecule has 1 saturated heterocycles. The molecule has 8 nitrogen and oxygen atoms in total. The maximum absolute atomic E-state index is 13.3. The van der Waals surface area contributed by atoms with Crippen LogP contribution in [0.5, 0.6) is 5.75 Å². The summed E-state index contributed by atoms with van der Waals surface area (Å²) in [4.78, 5) is 24.8. The average Bonchev–Trinajstić information content (AvgIpc) is 2.77. The molecule has 2 aliphatic heterocycles. The van der Waals surface area contributed by atoms with Crippen LogP contribution in [0.25, 0.3) is 0 Å². The predicted molar refractivity (Wildman–Crippen MR) is 121 cm³/mol. The molecule has 0 unspecified atom stereocenters. The van der Waals surface area contributed by atoms with Crippen molar-refractivity contribution in [3.05, 3.63) is 47.5 Å². The lowest BCUT2D eigenvalue weighted by Crippen LogP contribution is -2.43. The number of benzene rings is 2. The second-order valence-corrected chi connectivity index (χ2v) is 10.3. The van der Waals surface area contributed by atoms with Gasteiger partial charge in [-0.3, -0.25) is 9.59 Å². The van der Waals surface area contributed by atoms with Crippen LogP contribution in [0.1, 0.15) is 30.9 Å². The maximum atomic E-state index is 13.3. The topological polar surface area (TPSA) is 105 Å². The third-order valence-electron chi connectivity index (χ3n) is 6.05. The van der Waals surface area contributed by atoms with Gasteiger partial charge in [0.05, 0.1) is 16.5 Å². The molecule has 32 heavy (non-hydrogen) atoms. The van der Waals surface area contributed by atoms with Gasteiger partial charge in [0, 0.05) is 18.8 Å². The summed E-state index contributed by atoms with van der Waals surface area (Å²) in [6.45, 7) is 6.05. The zero-order chi connectivity index (χ0) is 23.0. The van der Waals surface area contributed by atoms with Crippen molar-refractivity contribution in [2.24, 2.45) is 5.92 Å². The van der Waals surface area contributed by atoms with E-state index in [2.05, 4.69) is 10.6 Å². The van der Waals surface area contributed by atoms with Gasteiger partial charge in [-0.25, -0.2) is 8.42 Å². The molecule has 2 atom stereocenters. The van der Waals surface area contributed by atoms with E-state index in [9.17, 15) is 18.0 Å². The van der Waals surface area contributed by atoms with Crippen LogP contribution in [0.2, 0.25) is 0 Å². The quantitative estimate of drug-likeness (QED) is 0.734. The monoisotopic (exact) mass is 457 g/mol. The number of hydrogen-bond acceptors (Lipinski definition) is 5. The van der Waals surface area contributed by atoms with Gasteiger partial charge in [-0.2, -0.15) is 4.31 Å². The fraction of sp³-hybridized carbons (Fsp3) is 0.391. The molecule has 0 bridgehead atoms. The van der Waals surface area contributed by atoms with E-state index in [1.807, 2.05) is 32.0 Å². The number of fused-ring (bicyclic) bond motifs is 1. The summed E-state index contributed by atoms with van der Waals surface area (Å²) in [5.41, 5.74) is 3.25. The molecule has 2 heterocycles. The molecule has 2 aromatic carbocycles. The van der Waals surface area contributed by atoms with Crippen molar-refractivity contribution in [1.82, 2.24) is 4.31 Å². The Morgan fingerprint density at radius 1 is 1.16 bits per heavy atom. The van der Waals surface area contributed by atoms with Crippen molar-refractivity contribution in [1.29, 1.82) is 0 Å². The highest BCUT2D eigenvalue weighted by Gasteiger charge is 2.34. The third kappa shape index (κ3) is 4.35. The van der Waals surface area contributed by atoms with Crippen LogP contribution in [0.3, 0.4) is 0 Å². The number of piperidine rings is 1. The normalized spacial score (nSPS) is 21.3. The molecular formula is C23H27N3O5S. The number of anilines is 2. The number of carbonyl (C=O) groups excluding carboxylic acids is 2. The van der Waals surface area contributed by atoms with Crippen LogP contribution in [0.15, 0.2) is 41.3 Å². The number of aryl methyl sites for hydroxylation is 2. The molecule has 2 amide bonds. The van der Waals surface area contributed by atoms with Gasteiger partial charge in [-0.1, -0.05) is 6.07 Å². The van der Waals surface area contributed by atoms with Crippen molar-refractivity contribution < 1.29 is 22.7 Å². The molecule has 0 aromatic heterocycles. The van der Waals surface area contributed by atoms with E-state index in [1.54, 1.807) is 13.0 Å². The molecule has 0 radical (unpaired) electrons. The number of nitrogens with one attached hydrogen (secondary N) is 2. The second-order valence-electron chi connectivity index (χ2n) is 8.40. The molecule has 2 N–H and O–H groups in total. The number of nitrogens with zero attached hydrogens (tertiary/aromatic N) is 1. The van der Waals surface area contributed by atoms with Crippen LogP contribution >= 0.6 is 0 Å². The van der Waals surface area contributed by atoms with Gasteiger partial charge in [0.1, 0.15) is 5.75 Å². The van der Waals surface area contributed by atoms with Crippen molar-refractivity contribution in [2.45, 2.75) is 44.6 Å². The van der Waals surface area contributed by atoms with Gasteiger partial charge in [0.2, 0.25) is 15.9 Å². The van der Waals surface area contributed by atoms with E-state index in [1.165, 1.54) is 16.4 Å². The van der Waals surface area contributed by atoms with Crippen molar-refractivity contribution in [2.75, 3.05) is 23.7 Å². The summed E-state index contributed by atoms with van der Waals surface area (Å²) in [5.74, 6) is -0.525. The van der Waals surface area contributed by atoms with Crippen molar-refractivity contribution >= 4 is 33.2 Å². The number of amides is 2. The zero-order valence-corrected chi connectivity index (χ0v) is 19.2. The number of hydrogen-bond donors (Lipinski definition) is 2. The van der Waals surface area contributed by atoms with Gasteiger partial charge in [-0.15, -0.1) is 0 Å². The first kappa shape index (κ1) is 22.3. The minimum Gasteiger partial charge on any atom is -0.479 e. The van der Waals surface area contributed by atoms with Gasteiger partial charge in [-0.05, 0) is 75.1 Å². The Bertz CT molecular complexity index is 1180. The van der Waals surface area contributed by atoms with Gasteiger partial charge >= 0.3 is 0 Å². The minimum atomic E-state index is -3.83. The third-order valence-corrected chi connectivity index (χ3v) is 7.91. The van der Waals surface area contributed by atoms with E-state index < -0.39 is 22.0 Å². The number of ether oxygens (including phenoxy) is 1. The Labute approximate surface area is 188 Å². The highest BCUT2D eigenvalue weighted by Crippen LogP contribution is 2.33. The Morgan fingerprint density at radius 2 is 1.94 bits per heavy atom. The first-order valence-electron chi connectivity index (χ1n) is 10.6. The molecule has 1 fully saturated rings. The lowest BCUT2D eigenvalue weighted by Gasteiger charge is -2.31. The summed E-state index contributed by atoms with van der Waals surface area (Å²) in [6, 6.07) is 10.1. The van der Waals surface area contributed by atoms with E-state index in [4.69, 9.17) is 4.74 Å². The Morgan fingerprint density at radius 3 is 2.69 bits per heavy atom. The highest BCUT2D eigenvalue weighted by molar-refractivity contribution is 7.89. The maximum Gasteiger partial charge on any atom is 0.265 e. The van der Waals surface area contributed by atoms with Crippen LogP contribution < -0.4 is 15.4 Å². The van der Waals surface area contributed by atoms with E-state index in [0.29, 0.717) is 36.5 Å². The lowest BCUT2D eigenvalue weighted by atomic mass is 9.98. The largest absolute Gasteiger partial charge is 0.479 e. The molecule has 0 spiro atoms. The summed E-state index contributed by atoms with van der Waals surface area (Å²) in [5, 5.41) is 5.59. The Hall–Kier alpha value is -2.91. The summed E-state index contributed by atoms with van der Waals surface area (Å²) < 4.78 is 33.4. The van der Waals surface area contributed by atoms with E-state index in [-0.39, 0.29) is 23.3 Å². The molecule has 170 valence electrons. The van der Waals surface area contributed by atoms with Crippen LogP contribution in [0, 0.1) is 19.8 Å².